The predicted molar refractivity (Wildman–Crippen MR) is 265 cm³/mol. The second-order valence-electron chi connectivity index (χ2n) is 16.1. The van der Waals surface area contributed by atoms with Crippen molar-refractivity contribution in [1.29, 1.82) is 0 Å². The standard InChI is InChI=1S/C57H43N5S/c1-2-3-17-43-37-61(50-28-14-13-26-46(43)50)45-25-15-22-42(36-45)47-34-35-48-52-49(27-16-29-51(52)62(53(48)54(47)63)44-23-11-6-12-24-44)57-59-55(40-20-9-5-10-21-40)58-56(60-57)41-32-30-39(31-33-41)38-18-7-4-8-19-38/h2-18,20-32,34-38,41,63H,1,19,33H2/b17-3-. The Hall–Kier alpha value is -7.54. The van der Waals surface area contributed by atoms with Crippen LogP contribution < -0.4 is 0 Å². The van der Waals surface area contributed by atoms with Crippen LogP contribution in [0, 0.1) is 5.92 Å². The Kier molecular flexibility index (Phi) is 9.98. The van der Waals surface area contributed by atoms with Crippen molar-refractivity contribution < 1.29 is 0 Å². The van der Waals surface area contributed by atoms with Gasteiger partial charge in [-0.2, -0.15) is 0 Å². The van der Waals surface area contributed by atoms with Crippen LogP contribution in [-0.4, -0.2) is 24.1 Å². The van der Waals surface area contributed by atoms with Gasteiger partial charge in [0.05, 0.1) is 16.6 Å². The monoisotopic (exact) mass is 829 g/mol. The van der Waals surface area contributed by atoms with Gasteiger partial charge >= 0.3 is 0 Å². The first-order chi connectivity index (χ1) is 31.1. The lowest BCUT2D eigenvalue weighted by molar-refractivity contribution is 0.723. The van der Waals surface area contributed by atoms with E-state index in [0.717, 1.165) is 90.1 Å². The van der Waals surface area contributed by atoms with E-state index in [9.17, 15) is 0 Å². The quantitative estimate of drug-likeness (QED) is 0.116. The molecule has 63 heavy (non-hydrogen) atoms. The Morgan fingerprint density at radius 3 is 2.21 bits per heavy atom. The van der Waals surface area contributed by atoms with Gasteiger partial charge in [-0.3, -0.25) is 0 Å². The summed E-state index contributed by atoms with van der Waals surface area (Å²) in [5.41, 5.74) is 11.9. The number of thiol groups is 1. The van der Waals surface area contributed by atoms with E-state index in [2.05, 4.69) is 192 Å². The largest absolute Gasteiger partial charge is 0.316 e. The number of hydrogen-bond donors (Lipinski definition) is 1. The highest BCUT2D eigenvalue weighted by Crippen LogP contribution is 2.44. The number of fused-ring (bicyclic) bond motifs is 4. The summed E-state index contributed by atoms with van der Waals surface area (Å²) < 4.78 is 4.61. The minimum Gasteiger partial charge on any atom is -0.316 e. The van der Waals surface area contributed by atoms with Gasteiger partial charge in [-0.1, -0.05) is 170 Å². The SMILES string of the molecule is C=C/C=C\c1cn(-c2cccc(-c3ccc4c5c(-c6nc(-c7ccccc7)nc(C7C=CC(C8C=CC=CC8)=CC7)n6)cccc5n(-c5ccccc5)c4c3S)c2)c2ccccc12. The Morgan fingerprint density at radius 2 is 1.40 bits per heavy atom. The molecule has 2 atom stereocenters. The molecule has 302 valence electrons. The fraction of sp³-hybridized carbons (Fsp3) is 0.0702. The van der Waals surface area contributed by atoms with Crippen molar-refractivity contribution in [3.8, 4) is 45.3 Å². The molecule has 3 aromatic heterocycles. The van der Waals surface area contributed by atoms with Crippen LogP contribution in [0.3, 0.4) is 0 Å². The topological polar surface area (TPSA) is 48.5 Å². The molecule has 0 radical (unpaired) electrons. The van der Waals surface area contributed by atoms with E-state index in [0.29, 0.717) is 17.6 Å². The van der Waals surface area contributed by atoms with E-state index in [4.69, 9.17) is 27.6 Å². The molecule has 2 unspecified atom stereocenters. The molecule has 2 aliphatic rings. The molecular weight excluding hydrogens is 787 g/mol. The number of para-hydroxylation sites is 2. The molecule has 11 rings (SSSR count). The third-order valence-electron chi connectivity index (χ3n) is 12.3. The van der Waals surface area contributed by atoms with E-state index in [1.165, 1.54) is 11.0 Å². The zero-order valence-corrected chi connectivity index (χ0v) is 35.5. The molecule has 0 N–H and O–H groups in total. The smallest absolute Gasteiger partial charge is 0.164 e. The molecule has 0 saturated carbocycles. The molecule has 0 spiro atoms. The Labute approximate surface area is 372 Å². The summed E-state index contributed by atoms with van der Waals surface area (Å²) in [5, 5.41) is 3.33. The van der Waals surface area contributed by atoms with E-state index in [1.807, 2.05) is 30.4 Å². The Morgan fingerprint density at radius 1 is 0.635 bits per heavy atom. The van der Waals surface area contributed by atoms with Gasteiger partial charge in [0.1, 0.15) is 5.82 Å². The van der Waals surface area contributed by atoms with Gasteiger partial charge in [0.15, 0.2) is 11.6 Å². The third-order valence-corrected chi connectivity index (χ3v) is 12.8. The second-order valence-corrected chi connectivity index (χ2v) is 16.6. The molecule has 5 nitrogen and oxygen atoms in total. The highest BCUT2D eigenvalue weighted by Gasteiger charge is 2.24. The zero-order valence-electron chi connectivity index (χ0n) is 34.6. The van der Waals surface area contributed by atoms with Crippen LogP contribution in [0.5, 0.6) is 0 Å². The van der Waals surface area contributed by atoms with E-state index >= 15 is 0 Å². The number of allylic oxidation sites excluding steroid dienone is 10. The second kappa shape index (κ2) is 16.4. The first-order valence-corrected chi connectivity index (χ1v) is 22.0. The van der Waals surface area contributed by atoms with E-state index < -0.39 is 0 Å². The minimum atomic E-state index is 0.0213. The van der Waals surface area contributed by atoms with Gasteiger partial charge in [-0.25, -0.2) is 15.0 Å². The van der Waals surface area contributed by atoms with Crippen LogP contribution >= 0.6 is 12.6 Å². The summed E-state index contributed by atoms with van der Waals surface area (Å²) in [6.07, 6.45) is 25.7. The summed E-state index contributed by atoms with van der Waals surface area (Å²) in [6.45, 7) is 3.89. The minimum absolute atomic E-state index is 0.0213. The number of rotatable bonds is 9. The van der Waals surface area contributed by atoms with Gasteiger partial charge in [0.2, 0.25) is 0 Å². The van der Waals surface area contributed by atoms with Crippen LogP contribution in [-0.2, 0) is 0 Å². The number of hydrogen-bond acceptors (Lipinski definition) is 4. The predicted octanol–water partition coefficient (Wildman–Crippen LogP) is 14.5. The summed E-state index contributed by atoms with van der Waals surface area (Å²) in [5.74, 6) is 2.51. The third kappa shape index (κ3) is 6.99. The first kappa shape index (κ1) is 38.4. The molecule has 0 aliphatic heterocycles. The molecule has 6 heteroatoms. The van der Waals surface area contributed by atoms with Gasteiger partial charge in [-0.05, 0) is 65.9 Å². The number of nitrogens with zero attached hydrogens (tertiary/aromatic N) is 5. The van der Waals surface area contributed by atoms with Gasteiger partial charge < -0.3 is 9.13 Å². The highest BCUT2D eigenvalue weighted by atomic mass is 32.1. The van der Waals surface area contributed by atoms with Crippen molar-refractivity contribution >= 4 is 51.4 Å². The highest BCUT2D eigenvalue weighted by molar-refractivity contribution is 7.80. The maximum absolute atomic E-state index is 5.44. The van der Waals surface area contributed by atoms with Crippen LogP contribution in [0.4, 0.5) is 0 Å². The summed E-state index contributed by atoms with van der Waals surface area (Å²) in [6, 6.07) is 49.0. The lowest BCUT2D eigenvalue weighted by Crippen LogP contribution is -2.10. The molecule has 2 aliphatic carbocycles. The van der Waals surface area contributed by atoms with Crippen molar-refractivity contribution in [2.45, 2.75) is 23.7 Å². The average molecular weight is 830 g/mol. The summed E-state index contributed by atoms with van der Waals surface area (Å²) in [7, 11) is 0. The van der Waals surface area contributed by atoms with E-state index in [1.54, 1.807) is 0 Å². The molecule has 9 aromatic rings. The van der Waals surface area contributed by atoms with Gasteiger partial charge in [0.25, 0.3) is 0 Å². The van der Waals surface area contributed by atoms with Crippen LogP contribution in [0.25, 0.3) is 84.1 Å². The van der Waals surface area contributed by atoms with Crippen molar-refractivity contribution in [3.05, 3.63) is 224 Å². The Balaban J connectivity index is 1.08. The van der Waals surface area contributed by atoms with Crippen LogP contribution in [0.15, 0.2) is 217 Å². The van der Waals surface area contributed by atoms with Crippen molar-refractivity contribution in [2.75, 3.05) is 0 Å². The molecule has 0 saturated heterocycles. The van der Waals surface area contributed by atoms with Gasteiger partial charge in [-0.15, -0.1) is 12.6 Å². The molecule has 0 amide bonds. The lowest BCUT2D eigenvalue weighted by Gasteiger charge is -2.21. The molecule has 3 heterocycles. The van der Waals surface area contributed by atoms with Crippen molar-refractivity contribution in [2.24, 2.45) is 5.92 Å². The average Bonchev–Trinajstić information content (AvgIpc) is 3.91. The fourth-order valence-electron chi connectivity index (χ4n) is 9.28. The molecule has 0 bridgehead atoms. The van der Waals surface area contributed by atoms with Crippen molar-refractivity contribution in [1.82, 2.24) is 24.1 Å². The number of benzene rings is 6. The summed E-state index contributed by atoms with van der Waals surface area (Å²) >= 11 is 5.44. The molecule has 6 aromatic carbocycles. The van der Waals surface area contributed by atoms with Crippen LogP contribution in [0.1, 0.15) is 30.1 Å². The van der Waals surface area contributed by atoms with Gasteiger partial charge in [0, 0.05) is 67.2 Å². The fourth-order valence-corrected chi connectivity index (χ4v) is 9.70. The molecule has 0 fully saturated rings. The zero-order chi connectivity index (χ0) is 42.3. The maximum Gasteiger partial charge on any atom is 0.164 e. The lowest BCUT2D eigenvalue weighted by atomic mass is 9.86. The maximum atomic E-state index is 5.44. The van der Waals surface area contributed by atoms with Crippen LogP contribution in [0.2, 0.25) is 0 Å². The van der Waals surface area contributed by atoms with Crippen molar-refractivity contribution in [3.63, 3.8) is 0 Å². The number of aromatic nitrogens is 5. The first-order valence-electron chi connectivity index (χ1n) is 21.5. The van der Waals surface area contributed by atoms with E-state index in [-0.39, 0.29) is 5.92 Å². The Bertz CT molecular complexity index is 3380. The normalized spacial score (nSPS) is 16.1. The summed E-state index contributed by atoms with van der Waals surface area (Å²) in [4.78, 5) is 16.6. The molecular formula is C57H43N5S.